The third kappa shape index (κ3) is 4.40. The number of anilines is 2. The third-order valence-electron chi connectivity index (χ3n) is 2.80. The van der Waals surface area contributed by atoms with Crippen LogP contribution in [0.5, 0.6) is 0 Å². The van der Waals surface area contributed by atoms with Crippen molar-refractivity contribution in [1.82, 2.24) is 24.5 Å². The molecule has 0 bridgehead atoms. The van der Waals surface area contributed by atoms with Crippen LogP contribution in [0.15, 0.2) is 18.7 Å². The fourth-order valence-corrected chi connectivity index (χ4v) is 2.60. The molecule has 0 saturated heterocycles. The summed E-state index contributed by atoms with van der Waals surface area (Å²) in [6, 6.07) is 0. The molecule has 3 N–H and O–H groups in total. The highest BCUT2D eigenvalue weighted by Gasteiger charge is 2.26. The maximum absolute atomic E-state index is 5.78. The zero-order valence-electron chi connectivity index (χ0n) is 13.3. The van der Waals surface area contributed by atoms with Crippen molar-refractivity contribution in [2.24, 2.45) is 5.41 Å². The maximum Gasteiger partial charge on any atom is 0.241 e. The molecule has 0 fully saturated rings. The van der Waals surface area contributed by atoms with Gasteiger partial charge in [-0.3, -0.25) is 4.57 Å². The molecule has 0 amide bonds. The Labute approximate surface area is 125 Å². The summed E-state index contributed by atoms with van der Waals surface area (Å²) in [4.78, 5) is 16.7. The zero-order valence-corrected chi connectivity index (χ0v) is 13.3. The molecule has 21 heavy (non-hydrogen) atoms. The number of aromatic nitrogens is 5. The van der Waals surface area contributed by atoms with E-state index in [4.69, 9.17) is 5.73 Å². The molecule has 7 heteroatoms. The number of hydrogen-bond acceptors (Lipinski definition) is 6. The van der Waals surface area contributed by atoms with E-state index in [2.05, 4.69) is 59.9 Å². The summed E-state index contributed by atoms with van der Waals surface area (Å²) < 4.78 is 1.69. The van der Waals surface area contributed by atoms with Crippen molar-refractivity contribution in [3.8, 4) is 5.95 Å². The van der Waals surface area contributed by atoms with Crippen molar-refractivity contribution >= 4 is 11.9 Å². The number of rotatable bonds is 4. The topological polar surface area (TPSA) is 94.5 Å². The van der Waals surface area contributed by atoms with E-state index in [1.807, 2.05) is 0 Å². The van der Waals surface area contributed by atoms with Crippen LogP contribution >= 0.6 is 0 Å². The van der Waals surface area contributed by atoms with Crippen molar-refractivity contribution in [3.63, 3.8) is 0 Å². The highest BCUT2D eigenvalue weighted by Crippen LogP contribution is 2.29. The Morgan fingerprint density at radius 3 is 2.43 bits per heavy atom. The third-order valence-corrected chi connectivity index (χ3v) is 2.80. The van der Waals surface area contributed by atoms with Crippen LogP contribution in [-0.4, -0.2) is 30.0 Å². The van der Waals surface area contributed by atoms with E-state index >= 15 is 0 Å². The van der Waals surface area contributed by atoms with Gasteiger partial charge in [0.2, 0.25) is 17.8 Å². The Kier molecular flexibility index (Phi) is 3.85. The largest absolute Gasteiger partial charge is 0.368 e. The molecule has 2 aromatic rings. The van der Waals surface area contributed by atoms with Crippen LogP contribution in [0.25, 0.3) is 5.95 Å². The SMILES string of the molecule is CC(C)(C)CC(C)(C)Nc1nc(N)nc(-n2ccnc2)n1. The molecule has 0 atom stereocenters. The summed E-state index contributed by atoms with van der Waals surface area (Å²) in [7, 11) is 0. The summed E-state index contributed by atoms with van der Waals surface area (Å²) >= 11 is 0. The monoisotopic (exact) mass is 289 g/mol. The molecule has 0 spiro atoms. The molecule has 114 valence electrons. The fourth-order valence-electron chi connectivity index (χ4n) is 2.60. The Balaban J connectivity index is 2.25. The van der Waals surface area contributed by atoms with Gasteiger partial charge in [0.15, 0.2) is 0 Å². The van der Waals surface area contributed by atoms with Gasteiger partial charge in [0.25, 0.3) is 0 Å². The Bertz CT molecular complexity index is 596. The summed E-state index contributed by atoms with van der Waals surface area (Å²) in [5.41, 5.74) is 5.82. The number of nitrogens with one attached hydrogen (secondary N) is 1. The van der Waals surface area contributed by atoms with E-state index in [0.717, 1.165) is 6.42 Å². The van der Waals surface area contributed by atoms with Crippen LogP contribution in [0.2, 0.25) is 0 Å². The van der Waals surface area contributed by atoms with E-state index in [1.54, 1.807) is 23.3 Å². The minimum atomic E-state index is -0.155. The number of nitrogens with zero attached hydrogens (tertiary/aromatic N) is 5. The van der Waals surface area contributed by atoms with Crippen molar-refractivity contribution in [3.05, 3.63) is 18.7 Å². The predicted molar refractivity (Wildman–Crippen MR) is 83.1 cm³/mol. The number of imidazole rings is 1. The van der Waals surface area contributed by atoms with Gasteiger partial charge in [0.1, 0.15) is 6.33 Å². The smallest absolute Gasteiger partial charge is 0.241 e. The molecule has 0 aromatic carbocycles. The molecule has 2 heterocycles. The van der Waals surface area contributed by atoms with Crippen molar-refractivity contribution in [1.29, 1.82) is 0 Å². The minimum absolute atomic E-state index is 0.155. The first-order valence-corrected chi connectivity index (χ1v) is 6.93. The summed E-state index contributed by atoms with van der Waals surface area (Å²) in [5, 5.41) is 3.34. The molecule has 2 aromatic heterocycles. The lowest BCUT2D eigenvalue weighted by molar-refractivity contribution is 0.301. The first-order chi connectivity index (χ1) is 9.65. The van der Waals surface area contributed by atoms with Gasteiger partial charge in [-0.2, -0.15) is 15.0 Å². The molecule has 0 aliphatic rings. The normalized spacial score (nSPS) is 12.4. The van der Waals surface area contributed by atoms with Crippen molar-refractivity contribution in [2.75, 3.05) is 11.1 Å². The van der Waals surface area contributed by atoms with Gasteiger partial charge in [-0.1, -0.05) is 20.8 Å². The van der Waals surface area contributed by atoms with E-state index < -0.39 is 0 Å². The Morgan fingerprint density at radius 1 is 1.14 bits per heavy atom. The second-order valence-corrected chi connectivity index (χ2v) is 7.03. The van der Waals surface area contributed by atoms with Crippen LogP contribution in [0, 0.1) is 5.41 Å². The highest BCUT2D eigenvalue weighted by atomic mass is 15.3. The maximum atomic E-state index is 5.78. The first kappa shape index (κ1) is 15.2. The van der Waals surface area contributed by atoms with Crippen LogP contribution in [0.1, 0.15) is 41.0 Å². The van der Waals surface area contributed by atoms with Crippen molar-refractivity contribution < 1.29 is 0 Å². The zero-order chi connectivity index (χ0) is 15.7. The van der Waals surface area contributed by atoms with Crippen LogP contribution in [-0.2, 0) is 0 Å². The predicted octanol–water partition coefficient (Wildman–Crippen LogP) is 2.27. The van der Waals surface area contributed by atoms with Gasteiger partial charge in [-0.15, -0.1) is 0 Å². The second-order valence-electron chi connectivity index (χ2n) is 7.03. The minimum Gasteiger partial charge on any atom is -0.368 e. The van der Waals surface area contributed by atoms with Gasteiger partial charge in [-0.25, -0.2) is 4.98 Å². The Morgan fingerprint density at radius 2 is 1.86 bits per heavy atom. The highest BCUT2D eigenvalue weighted by molar-refractivity contribution is 5.37. The van der Waals surface area contributed by atoms with Crippen LogP contribution in [0.4, 0.5) is 11.9 Å². The van der Waals surface area contributed by atoms with Crippen molar-refractivity contribution in [2.45, 2.75) is 46.6 Å². The molecule has 0 unspecified atom stereocenters. The summed E-state index contributed by atoms with van der Waals surface area (Å²) in [5.74, 6) is 1.11. The molecule has 7 nitrogen and oxygen atoms in total. The fraction of sp³-hybridized carbons (Fsp3) is 0.571. The number of nitrogen functional groups attached to an aromatic ring is 1. The lowest BCUT2D eigenvalue weighted by Gasteiger charge is -2.33. The average molecular weight is 289 g/mol. The lowest BCUT2D eigenvalue weighted by atomic mass is 9.82. The summed E-state index contributed by atoms with van der Waals surface area (Å²) in [6.45, 7) is 10.9. The standard InChI is InChI=1S/C14H23N7/c1-13(2,3)8-14(4,5)20-11-17-10(15)18-12(19-11)21-7-6-16-9-21/h6-7,9H,8H2,1-5H3,(H3,15,17,18,19,20). The van der Waals surface area contributed by atoms with Gasteiger partial charge < -0.3 is 11.1 Å². The van der Waals surface area contributed by atoms with E-state index in [-0.39, 0.29) is 16.9 Å². The van der Waals surface area contributed by atoms with Crippen LogP contribution < -0.4 is 11.1 Å². The van der Waals surface area contributed by atoms with E-state index in [9.17, 15) is 0 Å². The second kappa shape index (κ2) is 5.31. The molecule has 0 aliphatic carbocycles. The molecule has 0 aliphatic heterocycles. The summed E-state index contributed by atoms with van der Waals surface area (Å²) in [6.07, 6.45) is 6.01. The molecular weight excluding hydrogens is 266 g/mol. The lowest BCUT2D eigenvalue weighted by Crippen LogP contribution is -2.36. The number of hydrogen-bond donors (Lipinski definition) is 2. The number of nitrogens with two attached hydrogens (primary N) is 1. The Hall–Kier alpha value is -2.18. The van der Waals surface area contributed by atoms with E-state index in [0.29, 0.717) is 11.9 Å². The van der Waals surface area contributed by atoms with Gasteiger partial charge >= 0.3 is 0 Å². The first-order valence-electron chi connectivity index (χ1n) is 6.93. The molecule has 0 radical (unpaired) electrons. The van der Waals surface area contributed by atoms with Gasteiger partial charge in [0.05, 0.1) is 0 Å². The van der Waals surface area contributed by atoms with E-state index in [1.165, 1.54) is 0 Å². The van der Waals surface area contributed by atoms with Gasteiger partial charge in [-0.05, 0) is 25.7 Å². The van der Waals surface area contributed by atoms with Crippen LogP contribution in [0.3, 0.4) is 0 Å². The quantitative estimate of drug-likeness (QED) is 0.896. The molecule has 2 rings (SSSR count). The average Bonchev–Trinajstić information content (AvgIpc) is 2.76. The molecular formula is C14H23N7. The van der Waals surface area contributed by atoms with Gasteiger partial charge in [0, 0.05) is 17.9 Å². The molecule has 0 saturated carbocycles.